The number of hydrogen-bond acceptors (Lipinski definition) is 1. The Bertz CT molecular complexity index is 346. The fourth-order valence-electron chi connectivity index (χ4n) is 2.91. The van der Waals surface area contributed by atoms with Crippen molar-refractivity contribution in [3.63, 3.8) is 0 Å². The van der Waals surface area contributed by atoms with Gasteiger partial charge in [0.05, 0.1) is 6.10 Å². The predicted octanol–water partition coefficient (Wildman–Crippen LogP) is 3.84. The minimum absolute atomic E-state index is 0.244. The average Bonchev–Trinajstić information content (AvgIpc) is 2.24. The van der Waals surface area contributed by atoms with Gasteiger partial charge in [0, 0.05) is 0 Å². The zero-order valence-electron chi connectivity index (χ0n) is 11.0. The Morgan fingerprint density at radius 1 is 1.31 bits per heavy atom. The monoisotopic (exact) mass is 220 g/mol. The van der Waals surface area contributed by atoms with Gasteiger partial charge in [0.2, 0.25) is 0 Å². The molecule has 2 rings (SSSR count). The van der Waals surface area contributed by atoms with Crippen molar-refractivity contribution in [3.8, 4) is 0 Å². The molecule has 0 aliphatic heterocycles. The molecule has 2 aliphatic carbocycles. The third-order valence-electron chi connectivity index (χ3n) is 4.21. The number of allylic oxidation sites excluding steroid dienone is 2. The molecule has 0 fully saturated rings. The van der Waals surface area contributed by atoms with Gasteiger partial charge < -0.3 is 5.11 Å². The number of rotatable bonds is 0. The third-order valence-corrected chi connectivity index (χ3v) is 4.21. The fourth-order valence-corrected chi connectivity index (χ4v) is 2.91. The van der Waals surface area contributed by atoms with E-state index in [0.717, 1.165) is 24.3 Å². The van der Waals surface area contributed by atoms with E-state index in [2.05, 4.69) is 33.8 Å². The van der Waals surface area contributed by atoms with Crippen molar-refractivity contribution in [1.82, 2.24) is 0 Å². The largest absolute Gasteiger partial charge is 0.388 e. The Labute approximate surface area is 99.3 Å². The van der Waals surface area contributed by atoms with Crippen LogP contribution in [0.15, 0.2) is 22.8 Å². The highest BCUT2D eigenvalue weighted by atomic mass is 16.3. The molecule has 0 aromatic rings. The van der Waals surface area contributed by atoms with Gasteiger partial charge in [-0.2, -0.15) is 0 Å². The highest BCUT2D eigenvalue weighted by Gasteiger charge is 2.32. The highest BCUT2D eigenvalue weighted by Crippen LogP contribution is 2.45. The van der Waals surface area contributed by atoms with Gasteiger partial charge in [-0.05, 0) is 49.5 Å². The molecule has 1 nitrogen and oxygen atoms in total. The summed E-state index contributed by atoms with van der Waals surface area (Å²) >= 11 is 0. The van der Waals surface area contributed by atoms with Crippen LogP contribution in [0.5, 0.6) is 0 Å². The van der Waals surface area contributed by atoms with Crippen LogP contribution < -0.4 is 0 Å². The number of hydrogen-bond donors (Lipinski definition) is 1. The summed E-state index contributed by atoms with van der Waals surface area (Å²) in [7, 11) is 0. The fraction of sp³-hybridized carbons (Fsp3) is 0.733. The molecule has 0 spiro atoms. The van der Waals surface area contributed by atoms with E-state index in [-0.39, 0.29) is 6.10 Å². The van der Waals surface area contributed by atoms with Crippen molar-refractivity contribution in [1.29, 1.82) is 0 Å². The molecule has 1 N–H and O–H groups in total. The molecule has 2 aliphatic rings. The Kier molecular flexibility index (Phi) is 3.00. The lowest BCUT2D eigenvalue weighted by Gasteiger charge is -2.36. The second-order valence-corrected chi connectivity index (χ2v) is 6.45. The van der Waals surface area contributed by atoms with E-state index in [1.54, 1.807) is 5.57 Å². The van der Waals surface area contributed by atoms with Crippen LogP contribution in [0, 0.1) is 11.3 Å². The van der Waals surface area contributed by atoms with Gasteiger partial charge in [0.25, 0.3) is 0 Å². The van der Waals surface area contributed by atoms with Gasteiger partial charge in [-0.15, -0.1) is 0 Å². The Morgan fingerprint density at radius 2 is 2.00 bits per heavy atom. The van der Waals surface area contributed by atoms with Crippen molar-refractivity contribution in [2.24, 2.45) is 11.3 Å². The van der Waals surface area contributed by atoms with Crippen LogP contribution in [-0.4, -0.2) is 11.2 Å². The van der Waals surface area contributed by atoms with Gasteiger partial charge in [0.15, 0.2) is 0 Å². The van der Waals surface area contributed by atoms with Gasteiger partial charge in [-0.1, -0.05) is 38.0 Å². The highest BCUT2D eigenvalue weighted by molar-refractivity contribution is 5.31. The molecule has 0 bridgehead atoms. The maximum Gasteiger partial charge on any atom is 0.0784 e. The summed E-state index contributed by atoms with van der Waals surface area (Å²) in [4.78, 5) is 0. The molecule has 0 heterocycles. The van der Waals surface area contributed by atoms with Crippen LogP contribution >= 0.6 is 0 Å². The van der Waals surface area contributed by atoms with Crippen molar-refractivity contribution < 1.29 is 5.11 Å². The van der Waals surface area contributed by atoms with E-state index in [1.807, 2.05) is 0 Å². The second-order valence-electron chi connectivity index (χ2n) is 6.45. The topological polar surface area (TPSA) is 20.2 Å². The van der Waals surface area contributed by atoms with Crippen molar-refractivity contribution in [3.05, 3.63) is 22.8 Å². The van der Waals surface area contributed by atoms with Crippen molar-refractivity contribution in [2.75, 3.05) is 0 Å². The zero-order valence-corrected chi connectivity index (χ0v) is 11.0. The first-order valence-electron chi connectivity index (χ1n) is 6.44. The van der Waals surface area contributed by atoms with Crippen LogP contribution in [0.4, 0.5) is 0 Å². The molecule has 90 valence electrons. The third kappa shape index (κ3) is 2.24. The smallest absolute Gasteiger partial charge is 0.0784 e. The van der Waals surface area contributed by atoms with E-state index in [4.69, 9.17) is 0 Å². The lowest BCUT2D eigenvalue weighted by molar-refractivity contribution is 0.205. The molecule has 0 saturated carbocycles. The van der Waals surface area contributed by atoms with E-state index < -0.39 is 0 Å². The lowest BCUT2D eigenvalue weighted by atomic mass is 9.69. The summed E-state index contributed by atoms with van der Waals surface area (Å²) in [6.45, 7) is 9.06. The average molecular weight is 220 g/mol. The minimum Gasteiger partial charge on any atom is -0.388 e. The van der Waals surface area contributed by atoms with Gasteiger partial charge in [-0.3, -0.25) is 0 Å². The number of aliphatic hydroxyl groups excluding tert-OH is 1. The van der Waals surface area contributed by atoms with Crippen LogP contribution in [0.25, 0.3) is 0 Å². The van der Waals surface area contributed by atoms with Crippen LogP contribution in [0.3, 0.4) is 0 Å². The van der Waals surface area contributed by atoms with E-state index >= 15 is 0 Å². The van der Waals surface area contributed by atoms with Gasteiger partial charge in [0.1, 0.15) is 0 Å². The summed E-state index contributed by atoms with van der Waals surface area (Å²) in [5.41, 5.74) is 4.66. The number of aliphatic hydroxyl groups is 1. The molecule has 0 aromatic heterocycles. The molecular weight excluding hydrogens is 196 g/mol. The van der Waals surface area contributed by atoms with Crippen molar-refractivity contribution in [2.45, 2.75) is 59.5 Å². The van der Waals surface area contributed by atoms with Crippen LogP contribution in [-0.2, 0) is 0 Å². The van der Waals surface area contributed by atoms with E-state index in [1.165, 1.54) is 18.4 Å². The lowest BCUT2D eigenvalue weighted by Crippen LogP contribution is -2.23. The van der Waals surface area contributed by atoms with E-state index in [9.17, 15) is 5.11 Å². The van der Waals surface area contributed by atoms with Crippen LogP contribution in [0.1, 0.15) is 53.4 Å². The second kappa shape index (κ2) is 4.03. The van der Waals surface area contributed by atoms with Gasteiger partial charge in [-0.25, -0.2) is 0 Å². The predicted molar refractivity (Wildman–Crippen MR) is 68.2 cm³/mol. The maximum absolute atomic E-state index is 10.1. The summed E-state index contributed by atoms with van der Waals surface area (Å²) in [6.07, 6.45) is 6.36. The SMILES string of the molecule is C/C1=C/CC(C)(C)CC2=C(C[C@H]1O)C[C@@H]2C. The molecule has 0 amide bonds. The summed E-state index contributed by atoms with van der Waals surface area (Å²) < 4.78 is 0. The zero-order chi connectivity index (χ0) is 11.9. The quantitative estimate of drug-likeness (QED) is 0.615. The molecule has 1 heteroatoms. The summed E-state index contributed by atoms with van der Waals surface area (Å²) in [5, 5.41) is 10.1. The van der Waals surface area contributed by atoms with E-state index in [0.29, 0.717) is 5.41 Å². The summed E-state index contributed by atoms with van der Waals surface area (Å²) in [6, 6.07) is 0. The first-order valence-corrected chi connectivity index (χ1v) is 6.44. The molecule has 2 atom stereocenters. The molecule has 0 saturated heterocycles. The molecule has 0 radical (unpaired) electrons. The maximum atomic E-state index is 10.1. The molecule has 0 unspecified atom stereocenters. The Hall–Kier alpha value is -0.560. The standard InChI is InChI=1S/C15H24O/c1-10-5-6-15(3,4)9-13-11(2)7-12(13)8-14(10)16/h5,11,14,16H,6-9H2,1-4H3/b10-5-/t11-,14+/m0/s1. The molecular formula is C15H24O. The normalized spacial score (nSPS) is 37.4. The Morgan fingerprint density at radius 3 is 2.62 bits per heavy atom. The van der Waals surface area contributed by atoms with Crippen molar-refractivity contribution >= 4 is 0 Å². The molecule has 16 heavy (non-hydrogen) atoms. The van der Waals surface area contributed by atoms with Gasteiger partial charge >= 0.3 is 0 Å². The van der Waals surface area contributed by atoms with Crippen LogP contribution in [0.2, 0.25) is 0 Å². The molecule has 0 aromatic carbocycles. The first kappa shape index (κ1) is 11.9. The first-order chi connectivity index (χ1) is 7.39. The minimum atomic E-state index is -0.244. The Balaban J connectivity index is 2.28. The summed E-state index contributed by atoms with van der Waals surface area (Å²) in [5.74, 6) is 0.750.